The Morgan fingerprint density at radius 3 is 2.50 bits per heavy atom. The van der Waals surface area contributed by atoms with Crippen molar-refractivity contribution in [2.45, 2.75) is 25.2 Å². The van der Waals surface area contributed by atoms with Crippen LogP contribution in [0.25, 0.3) is 10.9 Å². The Labute approximate surface area is 154 Å². The number of H-pyrrole nitrogens is 1. The number of fused-ring (bicyclic) bond motifs is 1. The fraction of sp³-hybridized carbons (Fsp3) is 0.250. The molecule has 1 aromatic heterocycles. The zero-order valence-corrected chi connectivity index (χ0v) is 15.8. The Balaban J connectivity index is 1.71. The Bertz CT molecular complexity index is 993. The molecule has 0 aliphatic carbocycles. The van der Waals surface area contributed by atoms with Gasteiger partial charge in [-0.3, -0.25) is 9.00 Å². The standard InChI is InChI=1S/C20H21FN2O2S/c1-12-4-9-17(21)19-18(12)16(13(2)23-19)10-11-22-20(24)14-5-7-15(8-6-14)26(3)25/h4-9,23H,10-11H2,1-3H3,(H,22,24). The first-order valence-electron chi connectivity index (χ1n) is 8.36. The maximum absolute atomic E-state index is 14.0. The zero-order chi connectivity index (χ0) is 18.8. The van der Waals surface area contributed by atoms with Gasteiger partial charge in [0.2, 0.25) is 0 Å². The third-order valence-corrected chi connectivity index (χ3v) is 5.47. The van der Waals surface area contributed by atoms with Gasteiger partial charge in [0.15, 0.2) is 0 Å². The lowest BCUT2D eigenvalue weighted by Gasteiger charge is -2.07. The number of carbonyl (C=O) groups excluding carboxylic acids is 1. The fourth-order valence-corrected chi connectivity index (χ4v) is 3.68. The van der Waals surface area contributed by atoms with E-state index in [1.54, 1.807) is 36.6 Å². The molecule has 1 atom stereocenters. The molecule has 2 N–H and O–H groups in total. The van der Waals surface area contributed by atoms with Crippen molar-refractivity contribution in [2.75, 3.05) is 12.8 Å². The van der Waals surface area contributed by atoms with E-state index in [4.69, 9.17) is 0 Å². The van der Waals surface area contributed by atoms with Gasteiger partial charge < -0.3 is 10.3 Å². The van der Waals surface area contributed by atoms with Gasteiger partial charge in [0.25, 0.3) is 5.91 Å². The van der Waals surface area contributed by atoms with E-state index in [0.717, 1.165) is 22.2 Å². The number of nitrogens with one attached hydrogen (secondary N) is 2. The van der Waals surface area contributed by atoms with E-state index in [1.807, 2.05) is 13.8 Å². The van der Waals surface area contributed by atoms with Crippen molar-refractivity contribution in [3.8, 4) is 0 Å². The molecule has 2 aromatic carbocycles. The molecular formula is C20H21FN2O2S. The van der Waals surface area contributed by atoms with Crippen LogP contribution in [0, 0.1) is 19.7 Å². The van der Waals surface area contributed by atoms with Gasteiger partial charge in [0.05, 0.1) is 5.52 Å². The predicted molar refractivity (Wildman–Crippen MR) is 103 cm³/mol. The van der Waals surface area contributed by atoms with Crippen molar-refractivity contribution >= 4 is 27.6 Å². The average molecular weight is 372 g/mol. The molecule has 136 valence electrons. The molecule has 0 aliphatic heterocycles. The minimum atomic E-state index is -1.06. The van der Waals surface area contributed by atoms with Crippen LogP contribution in [-0.2, 0) is 17.2 Å². The molecule has 0 radical (unpaired) electrons. The lowest BCUT2D eigenvalue weighted by Crippen LogP contribution is -2.25. The van der Waals surface area contributed by atoms with Crippen LogP contribution in [0.2, 0.25) is 0 Å². The van der Waals surface area contributed by atoms with Gasteiger partial charge in [-0.05, 0) is 61.7 Å². The number of aromatic nitrogens is 1. The van der Waals surface area contributed by atoms with Crippen molar-refractivity contribution in [3.05, 3.63) is 64.6 Å². The van der Waals surface area contributed by atoms with Gasteiger partial charge in [0, 0.05) is 45.1 Å². The summed E-state index contributed by atoms with van der Waals surface area (Å²) < 4.78 is 25.4. The lowest BCUT2D eigenvalue weighted by atomic mass is 10.0. The lowest BCUT2D eigenvalue weighted by molar-refractivity contribution is 0.0954. The molecule has 0 fully saturated rings. The molecule has 26 heavy (non-hydrogen) atoms. The van der Waals surface area contributed by atoms with Gasteiger partial charge in [-0.25, -0.2) is 4.39 Å². The topological polar surface area (TPSA) is 62.0 Å². The average Bonchev–Trinajstić information content (AvgIpc) is 2.96. The Hall–Kier alpha value is -2.47. The number of hydrogen-bond donors (Lipinski definition) is 2. The van der Waals surface area contributed by atoms with E-state index in [9.17, 15) is 13.4 Å². The summed E-state index contributed by atoms with van der Waals surface area (Å²) in [6.45, 7) is 4.32. The molecule has 1 unspecified atom stereocenters. The van der Waals surface area contributed by atoms with Crippen LogP contribution in [-0.4, -0.2) is 27.9 Å². The number of amides is 1. The molecule has 4 nitrogen and oxygen atoms in total. The van der Waals surface area contributed by atoms with Gasteiger partial charge in [0.1, 0.15) is 5.82 Å². The smallest absolute Gasteiger partial charge is 0.251 e. The highest BCUT2D eigenvalue weighted by atomic mass is 32.2. The summed E-state index contributed by atoms with van der Waals surface area (Å²) >= 11 is 0. The molecule has 1 heterocycles. The highest BCUT2D eigenvalue weighted by Crippen LogP contribution is 2.27. The minimum absolute atomic E-state index is 0.182. The van der Waals surface area contributed by atoms with Gasteiger partial charge in [-0.15, -0.1) is 0 Å². The first kappa shape index (κ1) is 18.3. The van der Waals surface area contributed by atoms with Crippen LogP contribution in [0.3, 0.4) is 0 Å². The van der Waals surface area contributed by atoms with Crippen LogP contribution in [0.1, 0.15) is 27.2 Å². The summed E-state index contributed by atoms with van der Waals surface area (Å²) in [5, 5.41) is 3.78. The molecule has 0 saturated heterocycles. The van der Waals surface area contributed by atoms with Crippen molar-refractivity contribution in [1.82, 2.24) is 10.3 Å². The summed E-state index contributed by atoms with van der Waals surface area (Å²) in [4.78, 5) is 16.1. The predicted octanol–water partition coefficient (Wildman–Crippen LogP) is 3.63. The number of halogens is 1. The second-order valence-electron chi connectivity index (χ2n) is 6.33. The highest BCUT2D eigenvalue weighted by molar-refractivity contribution is 7.84. The van der Waals surface area contributed by atoms with Crippen LogP contribution in [0.15, 0.2) is 41.3 Å². The normalized spacial score (nSPS) is 12.3. The summed E-state index contributed by atoms with van der Waals surface area (Å²) in [7, 11) is -1.06. The minimum Gasteiger partial charge on any atom is -0.356 e. The summed E-state index contributed by atoms with van der Waals surface area (Å²) in [5.41, 5.74) is 3.99. The van der Waals surface area contributed by atoms with E-state index in [0.29, 0.717) is 28.9 Å². The summed E-state index contributed by atoms with van der Waals surface area (Å²) in [6.07, 6.45) is 2.21. The van der Waals surface area contributed by atoms with E-state index >= 15 is 0 Å². The van der Waals surface area contributed by atoms with Crippen LogP contribution < -0.4 is 5.32 Å². The van der Waals surface area contributed by atoms with Crippen LogP contribution in [0.4, 0.5) is 4.39 Å². The molecule has 6 heteroatoms. The molecule has 0 saturated carbocycles. The molecule has 3 aromatic rings. The van der Waals surface area contributed by atoms with Crippen molar-refractivity contribution in [2.24, 2.45) is 0 Å². The van der Waals surface area contributed by atoms with E-state index in [2.05, 4.69) is 10.3 Å². The SMILES string of the molecule is Cc1[nH]c2c(F)ccc(C)c2c1CCNC(=O)c1ccc(S(C)=O)cc1. The van der Waals surface area contributed by atoms with Crippen molar-refractivity contribution < 1.29 is 13.4 Å². The first-order valence-corrected chi connectivity index (χ1v) is 9.92. The quantitative estimate of drug-likeness (QED) is 0.718. The van der Waals surface area contributed by atoms with E-state index < -0.39 is 10.8 Å². The number of hydrogen-bond acceptors (Lipinski definition) is 2. The third-order valence-electron chi connectivity index (χ3n) is 4.54. The van der Waals surface area contributed by atoms with E-state index in [-0.39, 0.29) is 11.7 Å². The van der Waals surface area contributed by atoms with Crippen molar-refractivity contribution in [3.63, 3.8) is 0 Å². The number of rotatable bonds is 5. The molecule has 3 rings (SSSR count). The second kappa shape index (κ2) is 7.41. The Morgan fingerprint density at radius 1 is 1.15 bits per heavy atom. The van der Waals surface area contributed by atoms with Crippen LogP contribution >= 0.6 is 0 Å². The summed E-state index contributed by atoms with van der Waals surface area (Å²) in [6, 6.07) is 9.96. The number of carbonyl (C=O) groups is 1. The first-order chi connectivity index (χ1) is 12.4. The van der Waals surface area contributed by atoms with Gasteiger partial charge in [-0.2, -0.15) is 0 Å². The fourth-order valence-electron chi connectivity index (χ4n) is 3.16. The molecule has 0 spiro atoms. The number of benzene rings is 2. The Morgan fingerprint density at radius 2 is 1.85 bits per heavy atom. The Kier molecular flexibility index (Phi) is 5.23. The van der Waals surface area contributed by atoms with Crippen molar-refractivity contribution in [1.29, 1.82) is 0 Å². The highest BCUT2D eigenvalue weighted by Gasteiger charge is 2.14. The van der Waals surface area contributed by atoms with Gasteiger partial charge in [-0.1, -0.05) is 6.07 Å². The number of aryl methyl sites for hydroxylation is 2. The van der Waals surface area contributed by atoms with Crippen LogP contribution in [0.5, 0.6) is 0 Å². The van der Waals surface area contributed by atoms with Gasteiger partial charge >= 0.3 is 0 Å². The zero-order valence-electron chi connectivity index (χ0n) is 15.0. The molecule has 0 aliphatic rings. The van der Waals surface area contributed by atoms with E-state index in [1.165, 1.54) is 6.07 Å². The maximum atomic E-state index is 14.0. The number of aromatic amines is 1. The monoisotopic (exact) mass is 372 g/mol. The summed E-state index contributed by atoms with van der Waals surface area (Å²) in [5.74, 6) is -0.448. The molecular weight excluding hydrogens is 351 g/mol. The molecule has 1 amide bonds. The third kappa shape index (κ3) is 3.55. The largest absolute Gasteiger partial charge is 0.356 e. The second-order valence-corrected chi connectivity index (χ2v) is 7.71. The maximum Gasteiger partial charge on any atom is 0.251 e. The molecule has 0 bridgehead atoms.